The number of nitrogens with two attached hydrogens (primary N) is 2. The molecule has 16 heavy (non-hydrogen) atoms. The van der Waals surface area contributed by atoms with E-state index in [1.54, 1.807) is 12.1 Å². The van der Waals surface area contributed by atoms with Crippen LogP contribution in [-0.4, -0.2) is 15.0 Å². The molecule has 0 aliphatic rings. The number of hydrogen-bond donors (Lipinski definition) is 3. The molecule has 1 rings (SSSR count). The summed E-state index contributed by atoms with van der Waals surface area (Å²) in [5.41, 5.74) is 5.91. The van der Waals surface area contributed by atoms with E-state index in [2.05, 4.69) is 16.6 Å². The molecule has 0 atom stereocenters. The molecule has 5 N–H and O–H groups in total. The van der Waals surface area contributed by atoms with Crippen LogP contribution in [0.15, 0.2) is 18.2 Å². The largest absolute Gasteiger partial charge is 0.320 e. The van der Waals surface area contributed by atoms with E-state index in [-0.39, 0.29) is 12.2 Å². The Morgan fingerprint density at radius 2 is 2.12 bits per heavy atom. The number of benzene rings is 1. The highest BCUT2D eigenvalue weighted by Crippen LogP contribution is 2.20. The van der Waals surface area contributed by atoms with Crippen molar-refractivity contribution >= 4 is 27.5 Å². The molecule has 0 aliphatic carbocycles. The Labute approximate surface area is 99.0 Å². The van der Waals surface area contributed by atoms with E-state index < -0.39 is 10.2 Å². The second-order valence-electron chi connectivity index (χ2n) is 2.84. The monoisotopic (exact) mass is 259 g/mol. The highest BCUT2D eigenvalue weighted by atomic mass is 35.5. The normalized spacial score (nSPS) is 10.4. The molecule has 1 aromatic rings. The number of hydrogen-bond acceptors (Lipinski definition) is 3. The van der Waals surface area contributed by atoms with Gasteiger partial charge >= 0.3 is 0 Å². The molecular weight excluding hydrogens is 250 g/mol. The molecule has 0 amide bonds. The lowest BCUT2D eigenvalue weighted by Gasteiger charge is -2.06. The maximum Gasteiger partial charge on any atom is 0.296 e. The zero-order valence-electron chi connectivity index (χ0n) is 8.20. The minimum Gasteiger partial charge on any atom is -0.320 e. The van der Waals surface area contributed by atoms with E-state index in [1.165, 1.54) is 6.07 Å². The Morgan fingerprint density at radius 3 is 2.69 bits per heavy atom. The maximum atomic E-state index is 10.9. The van der Waals surface area contributed by atoms with Crippen molar-refractivity contribution in [3.05, 3.63) is 28.8 Å². The van der Waals surface area contributed by atoms with E-state index in [0.717, 1.165) is 0 Å². The molecule has 0 heterocycles. The van der Waals surface area contributed by atoms with Crippen LogP contribution < -0.4 is 15.6 Å². The molecule has 5 nitrogen and oxygen atoms in total. The SMILES string of the molecule is NCC#Cc1ccc(Cl)cc1NS(N)(=O)=O. The van der Waals surface area contributed by atoms with Crippen molar-refractivity contribution in [2.75, 3.05) is 11.3 Å². The predicted octanol–water partition coefficient (Wildman–Crippen LogP) is 0.266. The van der Waals surface area contributed by atoms with Crippen molar-refractivity contribution in [3.63, 3.8) is 0 Å². The van der Waals surface area contributed by atoms with Crippen molar-refractivity contribution in [2.24, 2.45) is 10.9 Å². The fraction of sp³-hybridized carbons (Fsp3) is 0.111. The maximum absolute atomic E-state index is 10.9. The molecular formula is C9H10ClN3O2S. The minimum atomic E-state index is -3.85. The van der Waals surface area contributed by atoms with E-state index >= 15 is 0 Å². The molecule has 86 valence electrons. The van der Waals surface area contributed by atoms with E-state index in [9.17, 15) is 8.42 Å². The smallest absolute Gasteiger partial charge is 0.296 e. The Balaban J connectivity index is 3.18. The van der Waals surface area contributed by atoms with E-state index in [0.29, 0.717) is 10.6 Å². The van der Waals surface area contributed by atoms with Crippen LogP contribution in [0.2, 0.25) is 5.02 Å². The van der Waals surface area contributed by atoms with Crippen LogP contribution in [0.3, 0.4) is 0 Å². The predicted molar refractivity (Wildman–Crippen MR) is 64.1 cm³/mol. The first-order chi connectivity index (χ1) is 7.42. The van der Waals surface area contributed by atoms with Crippen molar-refractivity contribution in [2.45, 2.75) is 0 Å². The quantitative estimate of drug-likeness (QED) is 0.665. The second kappa shape index (κ2) is 5.18. The number of rotatable bonds is 2. The van der Waals surface area contributed by atoms with Crippen LogP contribution in [0.1, 0.15) is 5.56 Å². The van der Waals surface area contributed by atoms with Gasteiger partial charge < -0.3 is 5.73 Å². The number of nitrogens with one attached hydrogen (secondary N) is 1. The van der Waals surface area contributed by atoms with Crippen LogP contribution in [-0.2, 0) is 10.2 Å². The number of halogens is 1. The van der Waals surface area contributed by atoms with Crippen molar-refractivity contribution in [1.29, 1.82) is 0 Å². The number of anilines is 1. The molecule has 0 aromatic heterocycles. The van der Waals surface area contributed by atoms with Gasteiger partial charge in [0.25, 0.3) is 10.2 Å². The van der Waals surface area contributed by atoms with Crippen LogP contribution in [0, 0.1) is 11.8 Å². The second-order valence-corrected chi connectivity index (χ2v) is 4.57. The molecule has 0 aliphatic heterocycles. The highest BCUT2D eigenvalue weighted by molar-refractivity contribution is 7.90. The summed E-state index contributed by atoms with van der Waals surface area (Å²) in [4.78, 5) is 0. The molecule has 0 radical (unpaired) electrons. The van der Waals surface area contributed by atoms with E-state index in [1.807, 2.05) is 0 Å². The summed E-state index contributed by atoms with van der Waals surface area (Å²) in [6.45, 7) is 0.178. The summed E-state index contributed by atoms with van der Waals surface area (Å²) < 4.78 is 23.9. The fourth-order valence-electron chi connectivity index (χ4n) is 1.01. The molecule has 0 saturated heterocycles. The van der Waals surface area contributed by atoms with Gasteiger partial charge in [0.2, 0.25) is 0 Å². The lowest BCUT2D eigenvalue weighted by molar-refractivity contribution is 0.603. The van der Waals surface area contributed by atoms with Crippen LogP contribution in [0.5, 0.6) is 0 Å². The van der Waals surface area contributed by atoms with Gasteiger partial charge in [-0.15, -0.1) is 0 Å². The lowest BCUT2D eigenvalue weighted by atomic mass is 10.2. The average Bonchev–Trinajstić information content (AvgIpc) is 2.14. The topological polar surface area (TPSA) is 98.2 Å². The third kappa shape index (κ3) is 4.08. The molecule has 7 heteroatoms. The zero-order chi connectivity index (χ0) is 12.2. The average molecular weight is 260 g/mol. The van der Waals surface area contributed by atoms with Gasteiger partial charge in [-0.25, -0.2) is 5.14 Å². The fourth-order valence-corrected chi connectivity index (χ4v) is 1.66. The van der Waals surface area contributed by atoms with Gasteiger partial charge in [-0.3, -0.25) is 4.72 Å². The summed E-state index contributed by atoms with van der Waals surface area (Å²) in [7, 11) is -3.85. The Bertz CT molecular complexity index is 546. The first kappa shape index (κ1) is 12.8. The Hall–Kier alpha value is -1.26. The molecule has 0 unspecified atom stereocenters. The first-order valence-corrected chi connectivity index (χ1v) is 6.14. The third-order valence-electron chi connectivity index (χ3n) is 1.56. The van der Waals surface area contributed by atoms with Crippen LogP contribution >= 0.6 is 11.6 Å². The van der Waals surface area contributed by atoms with Gasteiger partial charge in [-0.2, -0.15) is 8.42 Å². The molecule has 1 aromatic carbocycles. The molecule has 0 fully saturated rings. The first-order valence-electron chi connectivity index (χ1n) is 4.21. The summed E-state index contributed by atoms with van der Waals surface area (Å²) in [5, 5.41) is 5.24. The van der Waals surface area contributed by atoms with Crippen molar-refractivity contribution in [1.82, 2.24) is 0 Å². The Kier molecular flexibility index (Phi) is 4.15. The van der Waals surface area contributed by atoms with Gasteiger partial charge in [-0.05, 0) is 18.2 Å². The summed E-state index contributed by atoms with van der Waals surface area (Å²) in [6, 6.07) is 4.60. The lowest BCUT2D eigenvalue weighted by Crippen LogP contribution is -2.22. The highest BCUT2D eigenvalue weighted by Gasteiger charge is 2.07. The van der Waals surface area contributed by atoms with E-state index in [4.69, 9.17) is 22.5 Å². The van der Waals surface area contributed by atoms with Crippen LogP contribution in [0.25, 0.3) is 0 Å². The molecule has 0 spiro atoms. The van der Waals surface area contributed by atoms with Gasteiger partial charge in [-0.1, -0.05) is 23.4 Å². The Morgan fingerprint density at radius 1 is 1.44 bits per heavy atom. The minimum absolute atomic E-state index is 0.178. The van der Waals surface area contributed by atoms with Gasteiger partial charge in [0, 0.05) is 10.6 Å². The zero-order valence-corrected chi connectivity index (χ0v) is 9.77. The van der Waals surface area contributed by atoms with Crippen LogP contribution in [0.4, 0.5) is 5.69 Å². The van der Waals surface area contributed by atoms with Gasteiger partial charge in [0.05, 0.1) is 12.2 Å². The molecule has 0 saturated carbocycles. The van der Waals surface area contributed by atoms with Crippen molar-refractivity contribution in [3.8, 4) is 11.8 Å². The van der Waals surface area contributed by atoms with Gasteiger partial charge in [0.1, 0.15) is 0 Å². The molecule has 0 bridgehead atoms. The standard InChI is InChI=1S/C9H10ClN3O2S/c10-8-4-3-7(2-1-5-11)9(6-8)13-16(12,14)15/h3-4,6,13H,5,11H2,(H2,12,14,15). The summed E-state index contributed by atoms with van der Waals surface area (Å²) >= 11 is 5.73. The summed E-state index contributed by atoms with van der Waals surface area (Å²) in [5.74, 6) is 5.32. The van der Waals surface area contributed by atoms with Gasteiger partial charge in [0.15, 0.2) is 0 Å². The third-order valence-corrected chi connectivity index (χ3v) is 2.30. The van der Waals surface area contributed by atoms with Crippen molar-refractivity contribution < 1.29 is 8.42 Å². The summed E-state index contributed by atoms with van der Waals surface area (Å²) in [6.07, 6.45) is 0.